The Hall–Kier alpha value is -0.490. The molecule has 5 heteroatoms. The number of rotatable bonds is 4. The molecule has 2 heterocycles. The summed E-state index contributed by atoms with van der Waals surface area (Å²) >= 11 is 1.63. The molecule has 0 amide bonds. The minimum atomic E-state index is -0.162. The average Bonchev–Trinajstić information content (AvgIpc) is 2.76. The molecule has 2 N–H and O–H groups in total. The van der Waals surface area contributed by atoms with Gasteiger partial charge in [0.25, 0.3) is 0 Å². The number of hydrogen-bond donors (Lipinski definition) is 1. The van der Waals surface area contributed by atoms with Crippen molar-refractivity contribution in [1.82, 2.24) is 9.88 Å². The Labute approximate surface area is 94.1 Å². The van der Waals surface area contributed by atoms with Crippen LogP contribution < -0.4 is 5.73 Å². The van der Waals surface area contributed by atoms with Crippen molar-refractivity contribution in [2.45, 2.75) is 18.5 Å². The van der Waals surface area contributed by atoms with Crippen LogP contribution in [0, 0.1) is 0 Å². The summed E-state index contributed by atoms with van der Waals surface area (Å²) < 4.78 is 5.33. The van der Waals surface area contributed by atoms with Gasteiger partial charge in [0.15, 0.2) is 0 Å². The summed E-state index contributed by atoms with van der Waals surface area (Å²) in [5.74, 6) is 0. The van der Waals surface area contributed by atoms with Crippen LogP contribution in [0.15, 0.2) is 10.9 Å². The van der Waals surface area contributed by atoms with Crippen molar-refractivity contribution >= 4 is 11.3 Å². The van der Waals surface area contributed by atoms with Crippen molar-refractivity contribution in [1.29, 1.82) is 0 Å². The van der Waals surface area contributed by atoms with Crippen LogP contribution in [-0.4, -0.2) is 42.2 Å². The molecule has 1 fully saturated rings. The van der Waals surface area contributed by atoms with Crippen LogP contribution in [0.25, 0.3) is 0 Å². The van der Waals surface area contributed by atoms with Gasteiger partial charge in [-0.3, -0.25) is 4.90 Å². The Bertz CT molecular complexity index is 296. The van der Waals surface area contributed by atoms with E-state index in [1.165, 1.54) is 0 Å². The van der Waals surface area contributed by atoms with Gasteiger partial charge < -0.3 is 10.5 Å². The second-order valence-corrected chi connectivity index (χ2v) is 5.04. The van der Waals surface area contributed by atoms with Crippen molar-refractivity contribution in [2.75, 3.05) is 26.8 Å². The van der Waals surface area contributed by atoms with Crippen molar-refractivity contribution in [2.24, 2.45) is 5.73 Å². The molecule has 1 aromatic rings. The summed E-state index contributed by atoms with van der Waals surface area (Å²) in [5.41, 5.74) is 9.02. The van der Waals surface area contributed by atoms with E-state index in [2.05, 4.69) is 22.3 Å². The maximum Gasteiger partial charge on any atom is 0.0795 e. The SMILES string of the molecule is CN(Cc1cscn1)CC1(N)CCOC1. The van der Waals surface area contributed by atoms with Crippen molar-refractivity contribution in [3.8, 4) is 0 Å². The zero-order valence-electron chi connectivity index (χ0n) is 8.98. The lowest BCUT2D eigenvalue weighted by atomic mass is 10.00. The third kappa shape index (κ3) is 2.98. The maximum absolute atomic E-state index is 6.20. The molecule has 0 saturated carbocycles. The van der Waals surface area contributed by atoms with Crippen LogP contribution in [0.4, 0.5) is 0 Å². The van der Waals surface area contributed by atoms with Crippen molar-refractivity contribution in [3.63, 3.8) is 0 Å². The first kappa shape index (κ1) is 11.0. The lowest BCUT2D eigenvalue weighted by Crippen LogP contribution is -2.49. The van der Waals surface area contributed by atoms with Crippen LogP contribution in [0.2, 0.25) is 0 Å². The van der Waals surface area contributed by atoms with Gasteiger partial charge in [-0.1, -0.05) is 0 Å². The van der Waals surface area contributed by atoms with Crippen LogP contribution in [-0.2, 0) is 11.3 Å². The van der Waals surface area contributed by atoms with E-state index in [4.69, 9.17) is 10.5 Å². The van der Waals surface area contributed by atoms with Gasteiger partial charge in [-0.05, 0) is 13.5 Å². The third-order valence-electron chi connectivity index (χ3n) is 2.63. The number of nitrogens with two attached hydrogens (primary N) is 1. The van der Waals surface area contributed by atoms with Gasteiger partial charge in [0, 0.05) is 25.1 Å². The number of aromatic nitrogens is 1. The van der Waals surface area contributed by atoms with E-state index in [1.54, 1.807) is 11.3 Å². The standard InChI is InChI=1S/C10H17N3OS/c1-13(4-9-5-15-8-12-9)6-10(11)2-3-14-7-10/h5,8H,2-4,6-7,11H2,1H3. The van der Waals surface area contributed by atoms with E-state index in [0.717, 1.165) is 31.8 Å². The Morgan fingerprint density at radius 2 is 2.60 bits per heavy atom. The lowest BCUT2D eigenvalue weighted by molar-refractivity contribution is 0.159. The fraction of sp³-hybridized carbons (Fsp3) is 0.700. The Balaban J connectivity index is 1.84. The quantitative estimate of drug-likeness (QED) is 0.822. The predicted molar refractivity (Wildman–Crippen MR) is 60.8 cm³/mol. The highest BCUT2D eigenvalue weighted by Gasteiger charge is 2.31. The molecule has 15 heavy (non-hydrogen) atoms. The van der Waals surface area contributed by atoms with Gasteiger partial charge in [-0.15, -0.1) is 11.3 Å². The zero-order valence-corrected chi connectivity index (χ0v) is 9.80. The first-order chi connectivity index (χ1) is 7.18. The number of hydrogen-bond acceptors (Lipinski definition) is 5. The molecule has 1 aliphatic heterocycles. The number of ether oxygens (including phenoxy) is 1. The average molecular weight is 227 g/mol. The van der Waals surface area contributed by atoms with Crippen LogP contribution in [0.5, 0.6) is 0 Å². The highest BCUT2D eigenvalue weighted by Crippen LogP contribution is 2.17. The van der Waals surface area contributed by atoms with E-state index < -0.39 is 0 Å². The number of nitrogens with zero attached hydrogens (tertiary/aromatic N) is 2. The molecule has 1 aromatic heterocycles. The molecule has 1 unspecified atom stereocenters. The molecule has 0 spiro atoms. The van der Waals surface area contributed by atoms with Gasteiger partial charge >= 0.3 is 0 Å². The smallest absolute Gasteiger partial charge is 0.0795 e. The lowest BCUT2D eigenvalue weighted by Gasteiger charge is -2.27. The minimum Gasteiger partial charge on any atom is -0.379 e. The molecule has 1 aliphatic rings. The third-order valence-corrected chi connectivity index (χ3v) is 3.27. The number of likely N-dealkylation sites (N-methyl/N-ethyl adjacent to an activating group) is 1. The predicted octanol–water partition coefficient (Wildman–Crippen LogP) is 0.693. The largest absolute Gasteiger partial charge is 0.379 e. The molecule has 0 radical (unpaired) electrons. The molecule has 1 saturated heterocycles. The highest BCUT2D eigenvalue weighted by molar-refractivity contribution is 7.07. The number of thiazole rings is 1. The molecular formula is C10H17N3OS. The minimum absolute atomic E-state index is 0.162. The molecule has 0 bridgehead atoms. The van der Waals surface area contributed by atoms with E-state index >= 15 is 0 Å². The molecule has 2 rings (SSSR count). The Kier molecular flexibility index (Phi) is 3.35. The first-order valence-corrected chi connectivity index (χ1v) is 6.04. The second kappa shape index (κ2) is 4.57. The fourth-order valence-electron chi connectivity index (χ4n) is 1.93. The summed E-state index contributed by atoms with van der Waals surface area (Å²) in [4.78, 5) is 6.47. The summed E-state index contributed by atoms with van der Waals surface area (Å²) in [5, 5.41) is 2.07. The van der Waals surface area contributed by atoms with Crippen molar-refractivity contribution in [3.05, 3.63) is 16.6 Å². The Morgan fingerprint density at radius 1 is 1.73 bits per heavy atom. The Morgan fingerprint density at radius 3 is 3.20 bits per heavy atom. The fourth-order valence-corrected chi connectivity index (χ4v) is 2.48. The van der Waals surface area contributed by atoms with E-state index in [-0.39, 0.29) is 5.54 Å². The van der Waals surface area contributed by atoms with Gasteiger partial charge in [0.05, 0.1) is 23.4 Å². The topological polar surface area (TPSA) is 51.4 Å². The monoisotopic (exact) mass is 227 g/mol. The molecule has 84 valence electrons. The second-order valence-electron chi connectivity index (χ2n) is 4.32. The van der Waals surface area contributed by atoms with E-state index in [1.807, 2.05) is 5.51 Å². The van der Waals surface area contributed by atoms with E-state index in [0.29, 0.717) is 6.61 Å². The molecule has 0 aliphatic carbocycles. The van der Waals surface area contributed by atoms with E-state index in [9.17, 15) is 0 Å². The molecular weight excluding hydrogens is 210 g/mol. The first-order valence-electron chi connectivity index (χ1n) is 5.10. The highest BCUT2D eigenvalue weighted by atomic mass is 32.1. The van der Waals surface area contributed by atoms with Gasteiger partial charge in [0.1, 0.15) is 0 Å². The molecule has 0 aromatic carbocycles. The van der Waals surface area contributed by atoms with Gasteiger partial charge in [0.2, 0.25) is 0 Å². The normalized spacial score (nSPS) is 26.3. The maximum atomic E-state index is 6.20. The van der Waals surface area contributed by atoms with Gasteiger partial charge in [-0.25, -0.2) is 4.98 Å². The summed E-state index contributed by atoms with van der Waals surface area (Å²) in [7, 11) is 2.08. The summed E-state index contributed by atoms with van der Waals surface area (Å²) in [6, 6.07) is 0. The van der Waals surface area contributed by atoms with Crippen molar-refractivity contribution < 1.29 is 4.74 Å². The summed E-state index contributed by atoms with van der Waals surface area (Å²) in [6.07, 6.45) is 0.953. The van der Waals surface area contributed by atoms with Gasteiger partial charge in [-0.2, -0.15) is 0 Å². The molecule has 4 nitrogen and oxygen atoms in total. The van der Waals surface area contributed by atoms with Crippen LogP contribution in [0.1, 0.15) is 12.1 Å². The van der Waals surface area contributed by atoms with Crippen LogP contribution in [0.3, 0.4) is 0 Å². The summed E-state index contributed by atoms with van der Waals surface area (Å²) in [6.45, 7) is 3.20. The zero-order chi connectivity index (χ0) is 10.7. The molecule has 1 atom stereocenters. The van der Waals surface area contributed by atoms with Crippen LogP contribution >= 0.6 is 11.3 Å².